The number of allylic oxidation sites excluding steroid dienone is 4. The number of carbonyl (C=O) groups excluding carboxylic acids is 3. The van der Waals surface area contributed by atoms with Gasteiger partial charge >= 0.3 is 44.9 Å². The van der Waals surface area contributed by atoms with Gasteiger partial charge in [0.25, 0.3) is 0 Å². The molecule has 0 amide bonds. The Labute approximate surface area is 335 Å². The summed E-state index contributed by atoms with van der Waals surface area (Å²) in [5, 5.41) is 9.61. The van der Waals surface area contributed by atoms with Gasteiger partial charge < -0.3 is 29.3 Å². The van der Waals surface area contributed by atoms with E-state index in [2.05, 4.69) is 0 Å². The van der Waals surface area contributed by atoms with Gasteiger partial charge in [0.1, 0.15) is 0 Å². The van der Waals surface area contributed by atoms with Gasteiger partial charge in [-0.1, -0.05) is 46.5 Å². The zero-order valence-electron chi connectivity index (χ0n) is 32.5. The zero-order valence-corrected chi connectivity index (χ0v) is 34.8. The summed E-state index contributed by atoms with van der Waals surface area (Å²) in [6, 6.07) is 7.59. The second-order valence-corrected chi connectivity index (χ2v) is 13.3. The van der Waals surface area contributed by atoms with E-state index in [1.54, 1.807) is 20.8 Å². The van der Waals surface area contributed by atoms with Crippen LogP contribution in [0.25, 0.3) is 44.4 Å². The minimum absolute atomic E-state index is 0. The molecule has 0 saturated carbocycles. The molecule has 5 heterocycles. The quantitative estimate of drug-likeness (QED) is 0.120. The maximum Gasteiger partial charge on any atom is 2.00 e. The van der Waals surface area contributed by atoms with Crippen molar-refractivity contribution in [3.8, 4) is 0 Å². The predicted molar refractivity (Wildman–Crippen MR) is 206 cm³/mol. The van der Waals surface area contributed by atoms with Crippen LogP contribution in [-0.2, 0) is 67.3 Å². The molecule has 2 aliphatic rings. The number of aryl methyl sites for hydroxylation is 4. The predicted octanol–water partition coefficient (Wildman–Crippen LogP) is 7.25. The van der Waals surface area contributed by atoms with E-state index >= 15 is 0 Å². The third kappa shape index (κ3) is 10.1. The summed E-state index contributed by atoms with van der Waals surface area (Å²) in [4.78, 5) is 69.4. The van der Waals surface area contributed by atoms with Crippen molar-refractivity contribution < 1.29 is 59.6 Å². The number of aromatic nitrogens is 4. The number of carbonyl (C=O) groups is 4. The smallest absolute Gasteiger partial charge is 0.657 e. The van der Waals surface area contributed by atoms with E-state index in [-0.39, 0.29) is 90.9 Å². The Balaban J connectivity index is 0.00000673. The molecule has 0 unspecified atom stereocenters. The first-order chi connectivity index (χ1) is 25.8. The van der Waals surface area contributed by atoms with Crippen LogP contribution < -0.4 is 9.97 Å². The summed E-state index contributed by atoms with van der Waals surface area (Å²) in [6.45, 7) is 14.0. The Hall–Kier alpha value is -4.83. The molecule has 0 fully saturated rings. The normalized spacial score (nSPS) is 12.4. The van der Waals surface area contributed by atoms with E-state index in [1.165, 1.54) is 0 Å². The van der Waals surface area contributed by atoms with E-state index in [1.807, 2.05) is 52.0 Å². The van der Waals surface area contributed by atoms with Gasteiger partial charge in [-0.25, -0.2) is 9.97 Å². The third-order valence-corrected chi connectivity index (χ3v) is 9.88. The summed E-state index contributed by atoms with van der Waals surface area (Å²) in [5.41, 5.74) is 12.0. The molecule has 0 radical (unpaired) electrons. The first kappa shape index (κ1) is 42.9. The Morgan fingerprint density at radius 2 is 0.891 bits per heavy atom. The van der Waals surface area contributed by atoms with Crippen molar-refractivity contribution in [1.82, 2.24) is 19.9 Å². The number of rotatable bonds is 15. The van der Waals surface area contributed by atoms with Gasteiger partial charge in [-0.15, -0.1) is 22.1 Å². The fourth-order valence-electron chi connectivity index (χ4n) is 6.94. The second kappa shape index (κ2) is 19.2. The largest absolute Gasteiger partial charge is 2.00 e. The third-order valence-electron chi connectivity index (χ3n) is 9.88. The molecule has 0 aliphatic carbocycles. The molecule has 294 valence electrons. The van der Waals surface area contributed by atoms with Gasteiger partial charge in [-0.3, -0.25) is 19.2 Å². The van der Waals surface area contributed by atoms with Crippen LogP contribution in [0.2, 0.25) is 0 Å². The molecular weight excluding hydrogens is 884 g/mol. The molecule has 2 aliphatic heterocycles. The Morgan fingerprint density at radius 1 is 0.545 bits per heavy atom. The minimum atomic E-state index is -0.917. The van der Waals surface area contributed by atoms with E-state index in [4.69, 9.17) is 34.1 Å². The topological polar surface area (TPSA) is 170 Å². The van der Waals surface area contributed by atoms with Gasteiger partial charge in [0.2, 0.25) is 0 Å². The van der Waals surface area contributed by atoms with E-state index in [0.29, 0.717) is 64.1 Å². The molecule has 5 rings (SSSR count). The molecule has 0 aromatic carbocycles. The van der Waals surface area contributed by atoms with E-state index in [0.717, 1.165) is 44.5 Å². The molecule has 1 N–H and O–H groups in total. The Bertz CT molecular complexity index is 2210. The fraction of sp³-hybridized carbons (Fsp3) is 0.429. The van der Waals surface area contributed by atoms with E-state index < -0.39 is 5.97 Å². The molecule has 0 spiro atoms. The van der Waals surface area contributed by atoms with Gasteiger partial charge in [0, 0.05) is 25.7 Å². The molecule has 13 heteroatoms. The SMILES string of the molecule is CCOC(=O)CCC1=C(C)c2cc3[n-]c(cc4nc(cc5[n-]c(cc1n2)c(C)c5CCC(=O)O)C(C)=C4CCC(=O)OCC)c(C)c3CCC(=O)OCC.[Pt+2]. The van der Waals surface area contributed by atoms with Crippen molar-refractivity contribution in [2.75, 3.05) is 19.8 Å². The van der Waals surface area contributed by atoms with Crippen LogP contribution in [0.4, 0.5) is 0 Å². The van der Waals surface area contributed by atoms with Crippen LogP contribution in [-0.4, -0.2) is 58.8 Å². The summed E-state index contributed by atoms with van der Waals surface area (Å²) < 4.78 is 15.7. The van der Waals surface area contributed by atoms with Crippen LogP contribution in [0.3, 0.4) is 0 Å². The Kier molecular flexibility index (Phi) is 14.9. The van der Waals surface area contributed by atoms with Crippen molar-refractivity contribution in [2.24, 2.45) is 0 Å². The van der Waals surface area contributed by atoms with E-state index in [9.17, 15) is 24.3 Å². The number of carboxylic acid groups (broad SMARTS) is 1. The number of nitrogens with zero attached hydrogens (tertiary/aromatic N) is 4. The van der Waals surface area contributed by atoms with Crippen LogP contribution >= 0.6 is 0 Å². The zero-order chi connectivity index (χ0) is 39.1. The maximum absolute atomic E-state index is 12.5. The Morgan fingerprint density at radius 3 is 1.25 bits per heavy atom. The molecule has 0 saturated heterocycles. The number of ether oxygens (including phenoxy) is 3. The number of hydrogen-bond acceptors (Lipinski definition) is 9. The number of carboxylic acids is 1. The number of aliphatic carboxylic acids is 1. The molecule has 12 nitrogen and oxygen atoms in total. The monoisotopic (exact) mass is 931 g/mol. The second-order valence-electron chi connectivity index (χ2n) is 13.3. The van der Waals surface area contributed by atoms with Crippen molar-refractivity contribution in [3.63, 3.8) is 0 Å². The van der Waals surface area contributed by atoms with Crippen LogP contribution in [0, 0.1) is 13.8 Å². The molecule has 8 bridgehead atoms. The molecule has 0 atom stereocenters. The van der Waals surface area contributed by atoms with Crippen molar-refractivity contribution >= 4 is 68.2 Å². The minimum Gasteiger partial charge on any atom is -0.657 e. The molecular formula is C42H48N4O8Pt. The summed E-state index contributed by atoms with van der Waals surface area (Å²) in [6.07, 6.45) is 1.85. The number of hydrogen-bond donors (Lipinski definition) is 1. The molecule has 3 aromatic rings. The number of esters is 3. The standard InChI is InChI=1S/C42H49N4O8.Pt/c1-8-52-40(49)16-12-28-24(5)32-19-35-27(11-15-39(47)48)23(4)31(43-35)20-36-29(13-17-41(50)53-9-2)25(6)33(45-36)22-38-30(14-18-42(51)54-10-3)26(7)34(46-38)21-37(28)44-32;/h19-22H,8-18H2,1-7H3,(H2-,43,44,45,46,47,48);/q-1;+2/p-1. The van der Waals surface area contributed by atoms with Crippen molar-refractivity contribution in [1.29, 1.82) is 0 Å². The molecule has 55 heavy (non-hydrogen) atoms. The first-order valence-corrected chi connectivity index (χ1v) is 18.6. The van der Waals surface area contributed by atoms with Gasteiger partial charge in [0.05, 0.1) is 42.6 Å². The summed E-state index contributed by atoms with van der Waals surface area (Å²) in [5.74, 6) is -1.84. The average Bonchev–Trinajstić information content (AvgIpc) is 3.78. The molecule has 3 aromatic heterocycles. The number of fused-ring (bicyclic) bond motifs is 8. The van der Waals surface area contributed by atoms with Crippen LogP contribution in [0.1, 0.15) is 118 Å². The summed E-state index contributed by atoms with van der Waals surface area (Å²) >= 11 is 0. The van der Waals surface area contributed by atoms with Crippen molar-refractivity contribution in [2.45, 2.75) is 99.8 Å². The fourth-order valence-corrected chi connectivity index (χ4v) is 6.94. The summed E-state index contributed by atoms with van der Waals surface area (Å²) in [7, 11) is 0. The van der Waals surface area contributed by atoms with Crippen LogP contribution in [0.5, 0.6) is 0 Å². The first-order valence-electron chi connectivity index (χ1n) is 18.6. The van der Waals surface area contributed by atoms with Gasteiger partial charge in [-0.2, -0.15) is 0 Å². The van der Waals surface area contributed by atoms with Gasteiger partial charge in [-0.05, 0) is 96.4 Å². The van der Waals surface area contributed by atoms with Crippen LogP contribution in [0.15, 0.2) is 24.3 Å². The average molecular weight is 932 g/mol. The van der Waals surface area contributed by atoms with Gasteiger partial charge in [0.15, 0.2) is 0 Å². The maximum atomic E-state index is 12.5. The van der Waals surface area contributed by atoms with Crippen molar-refractivity contribution in [3.05, 3.63) is 69.3 Å².